The van der Waals surface area contributed by atoms with Crippen molar-refractivity contribution < 1.29 is 4.79 Å². The van der Waals surface area contributed by atoms with Crippen molar-refractivity contribution in [2.45, 2.75) is 45.7 Å². The van der Waals surface area contributed by atoms with Crippen molar-refractivity contribution in [2.75, 3.05) is 13.1 Å². The average Bonchev–Trinajstić information content (AvgIpc) is 2.04. The van der Waals surface area contributed by atoms with Gasteiger partial charge in [0.05, 0.1) is 0 Å². The van der Waals surface area contributed by atoms with Crippen molar-refractivity contribution in [3.63, 3.8) is 0 Å². The van der Waals surface area contributed by atoms with Gasteiger partial charge in [-0.25, -0.2) is 0 Å². The van der Waals surface area contributed by atoms with Crippen molar-refractivity contribution in [3.05, 3.63) is 0 Å². The molecule has 1 heterocycles. The van der Waals surface area contributed by atoms with Gasteiger partial charge in [-0.15, -0.1) is 12.4 Å². The number of halogens is 1. The van der Waals surface area contributed by atoms with Crippen LogP contribution in [0.15, 0.2) is 0 Å². The lowest BCUT2D eigenvalue weighted by Gasteiger charge is -2.36. The summed E-state index contributed by atoms with van der Waals surface area (Å²) in [5.74, 6) is 0.210. The number of nitrogens with zero attached hydrogens (tertiary/aromatic N) is 1. The monoisotopic (exact) mass is 220 g/mol. The molecular formula is C10H21ClN2O. The molecule has 1 rings (SSSR count). The number of carbonyl (C=O) groups excluding carboxylic acids is 1. The van der Waals surface area contributed by atoms with E-state index in [4.69, 9.17) is 0 Å². The summed E-state index contributed by atoms with van der Waals surface area (Å²) in [6, 6.07) is 0.791. The summed E-state index contributed by atoms with van der Waals surface area (Å²) < 4.78 is 0. The van der Waals surface area contributed by atoms with E-state index in [0.29, 0.717) is 12.1 Å². The topological polar surface area (TPSA) is 32.3 Å². The quantitative estimate of drug-likeness (QED) is 0.764. The molecule has 1 aliphatic rings. The lowest BCUT2D eigenvalue weighted by atomic mass is 10.0. The fraction of sp³-hybridized carbons (Fsp3) is 0.900. The summed E-state index contributed by atoms with van der Waals surface area (Å²) in [6.07, 6.45) is 2.19. The summed E-state index contributed by atoms with van der Waals surface area (Å²) in [7, 11) is 0. The van der Waals surface area contributed by atoms with Gasteiger partial charge in [0.25, 0.3) is 0 Å². The first-order valence-electron chi connectivity index (χ1n) is 5.12. The van der Waals surface area contributed by atoms with Gasteiger partial charge < -0.3 is 10.2 Å². The van der Waals surface area contributed by atoms with E-state index in [2.05, 4.69) is 19.2 Å². The van der Waals surface area contributed by atoms with Gasteiger partial charge in [0.2, 0.25) is 5.91 Å². The summed E-state index contributed by atoms with van der Waals surface area (Å²) >= 11 is 0. The largest absolute Gasteiger partial charge is 0.337 e. The maximum Gasteiger partial charge on any atom is 0.219 e. The molecule has 1 fully saturated rings. The summed E-state index contributed by atoms with van der Waals surface area (Å²) in [5, 5.41) is 3.31. The van der Waals surface area contributed by atoms with Crippen LogP contribution in [0.4, 0.5) is 0 Å². The molecule has 14 heavy (non-hydrogen) atoms. The van der Waals surface area contributed by atoms with Crippen LogP contribution >= 0.6 is 12.4 Å². The molecule has 0 aliphatic carbocycles. The van der Waals surface area contributed by atoms with Crippen LogP contribution in [0.2, 0.25) is 0 Å². The molecule has 0 atom stereocenters. The minimum atomic E-state index is 0. The molecule has 0 radical (unpaired) electrons. The third-order valence-corrected chi connectivity index (χ3v) is 2.62. The average molecular weight is 221 g/mol. The number of carbonyl (C=O) groups is 1. The number of hydrogen-bond donors (Lipinski definition) is 1. The van der Waals surface area contributed by atoms with Crippen molar-refractivity contribution in [3.8, 4) is 0 Å². The Morgan fingerprint density at radius 3 is 2.21 bits per heavy atom. The smallest absolute Gasteiger partial charge is 0.219 e. The highest BCUT2D eigenvalue weighted by Gasteiger charge is 2.24. The van der Waals surface area contributed by atoms with Gasteiger partial charge in [-0.1, -0.05) is 0 Å². The Morgan fingerprint density at radius 2 is 1.86 bits per heavy atom. The Morgan fingerprint density at radius 1 is 1.36 bits per heavy atom. The molecule has 3 nitrogen and oxygen atoms in total. The molecule has 0 aromatic rings. The second-order valence-electron chi connectivity index (χ2n) is 4.00. The van der Waals surface area contributed by atoms with E-state index < -0.39 is 0 Å². The second-order valence-corrected chi connectivity index (χ2v) is 4.00. The first-order valence-corrected chi connectivity index (χ1v) is 5.12. The van der Waals surface area contributed by atoms with Gasteiger partial charge >= 0.3 is 0 Å². The maximum atomic E-state index is 11.4. The van der Waals surface area contributed by atoms with Crippen LogP contribution in [-0.4, -0.2) is 36.0 Å². The van der Waals surface area contributed by atoms with Gasteiger partial charge in [-0.2, -0.15) is 0 Å². The van der Waals surface area contributed by atoms with Crippen LogP contribution in [0.25, 0.3) is 0 Å². The summed E-state index contributed by atoms with van der Waals surface area (Å²) in [6.45, 7) is 7.93. The molecule has 4 heteroatoms. The fourth-order valence-electron chi connectivity index (χ4n) is 2.13. The van der Waals surface area contributed by atoms with Gasteiger partial charge in [0, 0.05) is 19.0 Å². The number of hydrogen-bond acceptors (Lipinski definition) is 2. The minimum absolute atomic E-state index is 0. The molecule has 0 saturated carbocycles. The lowest BCUT2D eigenvalue weighted by Crippen LogP contribution is -2.48. The molecule has 1 N–H and O–H groups in total. The van der Waals surface area contributed by atoms with Crippen LogP contribution in [0.5, 0.6) is 0 Å². The maximum absolute atomic E-state index is 11.4. The first kappa shape index (κ1) is 13.7. The molecule has 1 saturated heterocycles. The first-order chi connectivity index (χ1) is 6.13. The van der Waals surface area contributed by atoms with E-state index in [1.807, 2.05) is 4.90 Å². The van der Waals surface area contributed by atoms with E-state index in [-0.39, 0.29) is 18.3 Å². The van der Waals surface area contributed by atoms with Gasteiger partial charge in [0.1, 0.15) is 0 Å². The standard InChI is InChI=1S/C10H20N2O.ClH/c1-8(2)12(9(3)13)10-4-6-11-7-5-10;/h8,10-11H,4-7H2,1-3H3;1H. The molecule has 0 unspecified atom stereocenters. The number of amides is 1. The predicted octanol–water partition coefficient (Wildman–Crippen LogP) is 1.42. The van der Waals surface area contributed by atoms with Crippen LogP contribution in [0.1, 0.15) is 33.6 Å². The molecule has 1 amide bonds. The van der Waals surface area contributed by atoms with Crippen molar-refractivity contribution in [1.82, 2.24) is 10.2 Å². The van der Waals surface area contributed by atoms with Crippen LogP contribution in [-0.2, 0) is 4.79 Å². The van der Waals surface area contributed by atoms with E-state index in [1.54, 1.807) is 6.92 Å². The third kappa shape index (κ3) is 3.46. The lowest BCUT2D eigenvalue weighted by molar-refractivity contribution is -0.133. The van der Waals surface area contributed by atoms with Gasteiger partial charge in [0.15, 0.2) is 0 Å². The predicted molar refractivity (Wildman–Crippen MR) is 60.8 cm³/mol. The van der Waals surface area contributed by atoms with E-state index in [0.717, 1.165) is 25.9 Å². The number of rotatable bonds is 2. The normalized spacial score (nSPS) is 17.7. The second kappa shape index (κ2) is 6.25. The van der Waals surface area contributed by atoms with Crippen LogP contribution < -0.4 is 5.32 Å². The SMILES string of the molecule is CC(=O)N(C(C)C)C1CCNCC1.Cl. The molecule has 0 aromatic carbocycles. The molecule has 1 aliphatic heterocycles. The Balaban J connectivity index is 0.00000169. The molecule has 0 bridgehead atoms. The highest BCUT2D eigenvalue weighted by Crippen LogP contribution is 2.14. The fourth-order valence-corrected chi connectivity index (χ4v) is 2.13. The Kier molecular flexibility index (Phi) is 6.12. The Hall–Kier alpha value is -0.280. The zero-order valence-electron chi connectivity index (χ0n) is 9.25. The van der Waals surface area contributed by atoms with Crippen molar-refractivity contribution >= 4 is 18.3 Å². The Bertz CT molecular complexity index is 179. The summed E-state index contributed by atoms with van der Waals surface area (Å²) in [5.41, 5.74) is 0. The molecular weight excluding hydrogens is 200 g/mol. The van der Waals surface area contributed by atoms with E-state index in [1.165, 1.54) is 0 Å². The molecule has 84 valence electrons. The highest BCUT2D eigenvalue weighted by atomic mass is 35.5. The van der Waals surface area contributed by atoms with Gasteiger partial charge in [-0.3, -0.25) is 4.79 Å². The van der Waals surface area contributed by atoms with E-state index >= 15 is 0 Å². The number of nitrogens with one attached hydrogen (secondary N) is 1. The molecule has 0 spiro atoms. The van der Waals surface area contributed by atoms with E-state index in [9.17, 15) is 4.79 Å². The number of piperidine rings is 1. The van der Waals surface area contributed by atoms with Crippen LogP contribution in [0.3, 0.4) is 0 Å². The van der Waals surface area contributed by atoms with Crippen molar-refractivity contribution in [1.29, 1.82) is 0 Å². The minimum Gasteiger partial charge on any atom is -0.337 e. The molecule has 0 aromatic heterocycles. The summed E-state index contributed by atoms with van der Waals surface area (Å²) in [4.78, 5) is 13.4. The van der Waals surface area contributed by atoms with Crippen molar-refractivity contribution in [2.24, 2.45) is 0 Å². The zero-order chi connectivity index (χ0) is 9.84. The zero-order valence-corrected chi connectivity index (χ0v) is 10.1. The third-order valence-electron chi connectivity index (χ3n) is 2.62. The van der Waals surface area contributed by atoms with Crippen LogP contribution in [0, 0.1) is 0 Å². The Labute approximate surface area is 92.6 Å². The van der Waals surface area contributed by atoms with Gasteiger partial charge in [-0.05, 0) is 39.8 Å². The highest BCUT2D eigenvalue weighted by molar-refractivity contribution is 5.85.